The van der Waals surface area contributed by atoms with Crippen molar-refractivity contribution < 1.29 is 4.74 Å². The van der Waals surface area contributed by atoms with Crippen LogP contribution in [0.25, 0.3) is 5.57 Å². The molecule has 1 nitrogen and oxygen atoms in total. The summed E-state index contributed by atoms with van der Waals surface area (Å²) < 4.78 is 6.34. The van der Waals surface area contributed by atoms with Gasteiger partial charge in [-0.1, -0.05) is 74.0 Å². The fourth-order valence-corrected chi connectivity index (χ4v) is 4.94. The Morgan fingerprint density at radius 2 is 1.50 bits per heavy atom. The van der Waals surface area contributed by atoms with Crippen LogP contribution in [0.3, 0.4) is 0 Å². The van der Waals surface area contributed by atoms with Crippen LogP contribution < -0.4 is 4.74 Å². The Kier molecular flexibility index (Phi) is 4.85. The summed E-state index contributed by atoms with van der Waals surface area (Å²) in [4.78, 5) is 0. The van der Waals surface area contributed by atoms with Crippen molar-refractivity contribution in [3.63, 3.8) is 0 Å². The third-order valence-electron chi connectivity index (χ3n) is 5.97. The van der Waals surface area contributed by atoms with Gasteiger partial charge < -0.3 is 4.74 Å². The zero-order chi connectivity index (χ0) is 19.7. The summed E-state index contributed by atoms with van der Waals surface area (Å²) in [7, 11) is 0. The normalized spacial score (nSPS) is 26.1. The minimum atomic E-state index is -0.323. The second-order valence-corrected chi connectivity index (χ2v) is 7.36. The van der Waals surface area contributed by atoms with Crippen molar-refractivity contribution in [1.82, 2.24) is 0 Å². The van der Waals surface area contributed by atoms with E-state index in [0.717, 1.165) is 24.4 Å². The lowest BCUT2D eigenvalue weighted by Gasteiger charge is -2.41. The third-order valence-corrected chi connectivity index (χ3v) is 5.97. The van der Waals surface area contributed by atoms with Crippen molar-refractivity contribution in [1.29, 1.82) is 0 Å². The van der Waals surface area contributed by atoms with Crippen molar-refractivity contribution in [3.8, 4) is 5.75 Å². The Morgan fingerprint density at radius 1 is 0.821 bits per heavy atom. The number of rotatable bonds is 2. The molecule has 2 aromatic rings. The van der Waals surface area contributed by atoms with Crippen molar-refractivity contribution in [2.24, 2.45) is 0 Å². The van der Waals surface area contributed by atoms with E-state index in [9.17, 15) is 0 Å². The van der Waals surface area contributed by atoms with Gasteiger partial charge in [0.1, 0.15) is 11.5 Å². The highest BCUT2D eigenvalue weighted by Crippen LogP contribution is 2.62. The van der Waals surface area contributed by atoms with Crippen molar-refractivity contribution >= 4 is 5.57 Å². The van der Waals surface area contributed by atoms with Crippen molar-refractivity contribution in [2.75, 3.05) is 0 Å². The Morgan fingerprint density at radius 3 is 2.18 bits per heavy atom. The van der Waals surface area contributed by atoms with Gasteiger partial charge in [0.15, 0.2) is 0 Å². The quantitative estimate of drug-likeness (QED) is 0.538. The first-order valence-corrected chi connectivity index (χ1v) is 10.3. The average Bonchev–Trinajstić information content (AvgIpc) is 3.02. The van der Waals surface area contributed by atoms with Gasteiger partial charge >= 0.3 is 0 Å². The molecule has 0 saturated carbocycles. The smallest absolute Gasteiger partial charge is 0.132 e. The Labute approximate surface area is 168 Å². The predicted octanol–water partition coefficient (Wildman–Crippen LogP) is 7.36. The lowest BCUT2D eigenvalue weighted by Crippen LogP contribution is -2.35. The highest BCUT2D eigenvalue weighted by Gasteiger charge is 2.53. The topological polar surface area (TPSA) is 9.23 Å². The van der Waals surface area contributed by atoms with Crippen LogP contribution >= 0.6 is 0 Å². The zero-order valence-electron chi connectivity index (χ0n) is 17.3. The van der Waals surface area contributed by atoms with Gasteiger partial charge in [-0.2, -0.15) is 0 Å². The molecule has 0 aromatic heterocycles. The molecule has 0 fully saturated rings. The molecule has 1 spiro atoms. The van der Waals surface area contributed by atoms with Gasteiger partial charge in [0.05, 0.1) is 5.41 Å². The predicted molar refractivity (Wildman–Crippen MR) is 118 cm³/mol. The minimum Gasteiger partial charge on any atom is -0.457 e. The summed E-state index contributed by atoms with van der Waals surface area (Å²) in [6, 6.07) is 17.4. The van der Waals surface area contributed by atoms with Crippen LogP contribution in [0.5, 0.6) is 5.75 Å². The van der Waals surface area contributed by atoms with E-state index in [4.69, 9.17) is 4.74 Å². The number of ether oxygens (including phenoxy) is 1. The maximum Gasteiger partial charge on any atom is 0.132 e. The Balaban J connectivity index is 2.17. The zero-order valence-corrected chi connectivity index (χ0v) is 17.3. The van der Waals surface area contributed by atoms with E-state index in [1.807, 2.05) is 0 Å². The molecule has 28 heavy (non-hydrogen) atoms. The lowest BCUT2D eigenvalue weighted by molar-refractivity contribution is 0.388. The Bertz CT molecular complexity index is 1030. The number of unbranched alkanes of at least 4 members (excludes halogenated alkanes) is 1. The molecular formula is C27H28O. The van der Waals surface area contributed by atoms with E-state index in [1.54, 1.807) is 0 Å². The largest absolute Gasteiger partial charge is 0.457 e. The molecular weight excluding hydrogens is 340 g/mol. The summed E-state index contributed by atoms with van der Waals surface area (Å²) in [5, 5.41) is 0. The molecule has 142 valence electrons. The minimum absolute atomic E-state index is 0.323. The first-order valence-electron chi connectivity index (χ1n) is 10.3. The van der Waals surface area contributed by atoms with E-state index in [-0.39, 0.29) is 5.41 Å². The van der Waals surface area contributed by atoms with E-state index >= 15 is 0 Å². The monoisotopic (exact) mass is 368 g/mol. The number of hydrogen-bond acceptors (Lipinski definition) is 1. The number of allylic oxidation sites excluding steroid dienone is 7. The Hall–Kier alpha value is -2.80. The van der Waals surface area contributed by atoms with Crippen molar-refractivity contribution in [3.05, 3.63) is 106 Å². The molecule has 1 atom stereocenters. The molecule has 1 heteroatoms. The molecule has 2 aliphatic rings. The van der Waals surface area contributed by atoms with E-state index < -0.39 is 0 Å². The average molecular weight is 369 g/mol. The fraction of sp³-hybridized carbons (Fsp3) is 0.259. The fourth-order valence-electron chi connectivity index (χ4n) is 4.94. The summed E-state index contributed by atoms with van der Waals surface area (Å²) in [6.45, 7) is 8.59. The van der Waals surface area contributed by atoms with Gasteiger partial charge in [0.2, 0.25) is 0 Å². The van der Waals surface area contributed by atoms with Crippen LogP contribution in [0.4, 0.5) is 0 Å². The number of fused-ring (bicyclic) bond motifs is 4. The van der Waals surface area contributed by atoms with E-state index in [0.29, 0.717) is 0 Å². The SMILES string of the molecule is CC=C1/C(=C\C)Oc2ccccc2C12C(=C/C)/C(=C\CCC)c1ccccc12. The van der Waals surface area contributed by atoms with Gasteiger partial charge in [-0.15, -0.1) is 0 Å². The summed E-state index contributed by atoms with van der Waals surface area (Å²) >= 11 is 0. The molecule has 1 aliphatic carbocycles. The van der Waals surface area contributed by atoms with Gasteiger partial charge in [-0.25, -0.2) is 0 Å². The standard InChI is InChI=1S/C27H28O/c1-5-9-14-19-20-15-10-11-16-23(20)27(21(19)6-2)22(7-3)25(8-4)28-26-18-13-12-17-24(26)27/h6-8,10-18H,5,9H2,1-4H3/b19-14-,21-6+,22-7?,25-8+. The molecule has 1 unspecified atom stereocenters. The maximum atomic E-state index is 6.34. The molecule has 0 amide bonds. The third kappa shape index (κ3) is 2.39. The second kappa shape index (κ2) is 7.31. The van der Waals surface area contributed by atoms with Crippen LogP contribution in [0.2, 0.25) is 0 Å². The van der Waals surface area contributed by atoms with Crippen LogP contribution in [0.1, 0.15) is 57.2 Å². The van der Waals surface area contributed by atoms with Gasteiger partial charge in [-0.3, -0.25) is 0 Å². The number of para-hydroxylation sites is 1. The highest BCUT2D eigenvalue weighted by atomic mass is 16.5. The molecule has 0 radical (unpaired) electrons. The van der Waals surface area contributed by atoms with Gasteiger partial charge in [0.25, 0.3) is 0 Å². The number of hydrogen-bond donors (Lipinski definition) is 0. The first kappa shape index (κ1) is 18.6. The molecule has 1 aliphatic heterocycles. The second-order valence-electron chi connectivity index (χ2n) is 7.36. The number of benzene rings is 2. The molecule has 0 bridgehead atoms. The van der Waals surface area contributed by atoms with E-state index in [2.05, 4.69) is 101 Å². The molecule has 0 N–H and O–H groups in total. The first-order chi connectivity index (χ1) is 13.7. The molecule has 1 heterocycles. The van der Waals surface area contributed by atoms with Crippen molar-refractivity contribution in [2.45, 2.75) is 46.0 Å². The van der Waals surface area contributed by atoms with Crippen LogP contribution in [0, 0.1) is 0 Å². The maximum absolute atomic E-state index is 6.34. The van der Waals surface area contributed by atoms with Gasteiger partial charge in [-0.05, 0) is 61.6 Å². The summed E-state index contributed by atoms with van der Waals surface area (Å²) in [6.07, 6.45) is 11.3. The van der Waals surface area contributed by atoms with Gasteiger partial charge in [0, 0.05) is 11.1 Å². The lowest BCUT2D eigenvalue weighted by atomic mass is 9.64. The molecule has 4 rings (SSSR count). The molecule has 2 aromatic carbocycles. The van der Waals surface area contributed by atoms with E-state index in [1.165, 1.54) is 33.4 Å². The van der Waals surface area contributed by atoms with Crippen LogP contribution in [0.15, 0.2) is 89.7 Å². The summed E-state index contributed by atoms with van der Waals surface area (Å²) in [5.74, 6) is 1.90. The summed E-state index contributed by atoms with van der Waals surface area (Å²) in [5.41, 5.74) is 7.57. The highest BCUT2D eigenvalue weighted by molar-refractivity contribution is 5.95. The van der Waals surface area contributed by atoms with Crippen LogP contribution in [-0.4, -0.2) is 0 Å². The molecule has 0 saturated heterocycles. The van der Waals surface area contributed by atoms with Crippen LogP contribution in [-0.2, 0) is 5.41 Å².